The van der Waals surface area contributed by atoms with Crippen LogP contribution in [0, 0.1) is 31.4 Å². The fraction of sp³-hybridized carbons (Fsp3) is 0.429. The molecule has 15 nitrogen and oxygen atoms in total. The molecule has 1 saturated heterocycles. The number of fused-ring (bicyclic) bond motifs is 2. The molecule has 67 heavy (non-hydrogen) atoms. The Labute approximate surface area is 386 Å². The Morgan fingerprint density at radius 3 is 2.36 bits per heavy atom. The van der Waals surface area contributed by atoms with Crippen LogP contribution in [-0.4, -0.2) is 90.8 Å². The van der Waals surface area contributed by atoms with Crippen molar-refractivity contribution in [1.29, 1.82) is 0 Å². The predicted octanol–water partition coefficient (Wildman–Crippen LogP) is 7.33. The Hall–Kier alpha value is -5.87. The number of aliphatic imine (C=N–C) groups is 1. The van der Waals surface area contributed by atoms with Crippen LogP contribution in [0.2, 0.25) is 0 Å². The van der Waals surface area contributed by atoms with Gasteiger partial charge in [-0.05, 0) is 111 Å². The molecule has 352 valence electrons. The first-order valence-electron chi connectivity index (χ1n) is 23.2. The summed E-state index contributed by atoms with van der Waals surface area (Å²) < 4.78 is 57.2. The topological polar surface area (TPSA) is 162 Å². The highest BCUT2D eigenvalue weighted by atomic mass is 31.2. The van der Waals surface area contributed by atoms with Gasteiger partial charge in [0.2, 0.25) is 0 Å². The number of benzene rings is 3. The Morgan fingerprint density at radius 2 is 1.72 bits per heavy atom. The molecule has 6 aromatic rings. The molecule has 18 heteroatoms. The Balaban J connectivity index is 1.12. The van der Waals surface area contributed by atoms with Crippen LogP contribution in [0.4, 0.5) is 14.5 Å². The van der Waals surface area contributed by atoms with E-state index in [1.54, 1.807) is 48.8 Å². The smallest absolute Gasteiger partial charge is 0.338 e. The number of imidazole rings is 1. The first-order chi connectivity index (χ1) is 32.1. The van der Waals surface area contributed by atoms with Crippen molar-refractivity contribution in [3.05, 3.63) is 117 Å². The molecule has 1 aliphatic carbocycles. The lowest BCUT2D eigenvalue weighted by molar-refractivity contribution is -0.103. The van der Waals surface area contributed by atoms with E-state index in [4.69, 9.17) is 14.7 Å². The summed E-state index contributed by atoms with van der Waals surface area (Å²) in [6.07, 6.45) is 5.13. The van der Waals surface area contributed by atoms with Crippen molar-refractivity contribution in [2.24, 2.45) is 10.9 Å². The summed E-state index contributed by atoms with van der Waals surface area (Å²) in [5.41, 5.74) is 6.86. The summed E-state index contributed by atoms with van der Waals surface area (Å²) in [7, 11) is -1.24. The van der Waals surface area contributed by atoms with E-state index in [1.807, 2.05) is 26.8 Å². The number of carbonyl (C=O) groups is 1. The fourth-order valence-electron chi connectivity index (χ4n) is 10.8. The first-order valence-corrected chi connectivity index (χ1v) is 25.2. The average molecular weight is 936 g/mol. The lowest BCUT2D eigenvalue weighted by atomic mass is 9.91. The largest absolute Gasteiger partial charge is 0.387 e. The lowest BCUT2D eigenvalue weighted by Crippen LogP contribution is -2.43. The van der Waals surface area contributed by atoms with E-state index in [0.29, 0.717) is 107 Å². The minimum Gasteiger partial charge on any atom is -0.387 e. The number of amides is 1. The van der Waals surface area contributed by atoms with Crippen LogP contribution < -0.4 is 21.8 Å². The molecule has 3 N–H and O–H groups in total. The van der Waals surface area contributed by atoms with Gasteiger partial charge < -0.3 is 29.2 Å². The number of carbonyl (C=O) groups excluding carboxylic acids is 1. The molecule has 1 saturated carbocycles. The minimum atomic E-state index is -2.92. The van der Waals surface area contributed by atoms with Crippen LogP contribution in [-0.2, 0) is 26.1 Å². The van der Waals surface area contributed by atoms with Gasteiger partial charge in [0.05, 0.1) is 23.1 Å². The van der Waals surface area contributed by atoms with Crippen LogP contribution in [0.15, 0.2) is 70.7 Å². The van der Waals surface area contributed by atoms with Crippen molar-refractivity contribution in [3.63, 3.8) is 0 Å². The zero-order valence-corrected chi connectivity index (χ0v) is 39.7. The minimum absolute atomic E-state index is 0.0340. The lowest BCUT2D eigenvalue weighted by Gasteiger charge is -2.34. The number of anilines is 1. The van der Waals surface area contributed by atoms with Crippen molar-refractivity contribution in [2.45, 2.75) is 91.1 Å². The molecular formula is C49H56F2N9O6P. The van der Waals surface area contributed by atoms with Gasteiger partial charge in [-0.25, -0.2) is 33.6 Å². The summed E-state index contributed by atoms with van der Waals surface area (Å²) in [6, 6.07) is 13.8. The molecule has 10 rings (SSSR count). The number of hydrogen-bond acceptors (Lipinski definition) is 10. The van der Waals surface area contributed by atoms with Gasteiger partial charge in [-0.2, -0.15) is 5.10 Å². The third-order valence-corrected chi connectivity index (χ3v) is 18.0. The van der Waals surface area contributed by atoms with Gasteiger partial charge in [0.1, 0.15) is 35.8 Å². The Bertz CT molecular complexity index is 3100. The maximum atomic E-state index is 16.3. The highest BCUT2D eigenvalue weighted by Gasteiger charge is 2.60. The maximum absolute atomic E-state index is 16.3. The number of aromatic nitrogens is 5. The van der Waals surface area contributed by atoms with Crippen molar-refractivity contribution < 1.29 is 32.8 Å². The number of aliphatic hydroxyl groups is 1. The first kappa shape index (κ1) is 44.9. The summed E-state index contributed by atoms with van der Waals surface area (Å²) in [4.78, 5) is 41.9. The maximum Gasteiger partial charge on any atom is 0.338 e. The molecule has 4 atom stereocenters. The second-order valence-corrected chi connectivity index (χ2v) is 22.0. The standard InChI is InChI=1S/C49H56F2N9O6P/c1-8-67(64,9-2)41-24-35(50)39(25-37(41)52-7)57-16-17-58(48(57)63)44-42-30(6)56(15-12-36(42)54-60(44)34-20-27(3)43(51)28(4)21-34)45(61)40-23-33-22-32(31-13-18-65-19-14-31)10-11-38(33)59(40)49(26-29(49)5)46-53-47(62)66-55-46/h10-11,16-17,20-25,29-31,47,52,62H,8-9,12-15,18-19,26H2,1-7H3,(H,53,55)/t29-,30-,47?,49-/m0/s1. The van der Waals surface area contributed by atoms with Gasteiger partial charge in [0.25, 0.3) is 12.3 Å². The molecule has 0 bridgehead atoms. The third-order valence-electron chi connectivity index (χ3n) is 14.8. The zero-order valence-electron chi connectivity index (χ0n) is 38.8. The Kier molecular flexibility index (Phi) is 11.2. The summed E-state index contributed by atoms with van der Waals surface area (Å²) in [5.74, 6) is -0.198. The number of halogens is 2. The van der Waals surface area contributed by atoms with E-state index in [9.17, 15) is 14.5 Å². The molecule has 4 aliphatic rings. The van der Waals surface area contributed by atoms with Crippen LogP contribution in [0.1, 0.15) is 97.4 Å². The van der Waals surface area contributed by atoms with Crippen molar-refractivity contribution in [2.75, 3.05) is 44.4 Å². The number of nitrogens with one attached hydrogen (secondary N) is 2. The molecule has 0 spiro atoms. The number of hydroxylamine groups is 1. The fourth-order valence-corrected chi connectivity index (χ4v) is 12.9. The molecule has 1 amide bonds. The van der Waals surface area contributed by atoms with E-state index < -0.39 is 36.6 Å². The number of hydrogen-bond donors (Lipinski definition) is 3. The van der Waals surface area contributed by atoms with Crippen molar-refractivity contribution in [3.8, 4) is 17.2 Å². The average Bonchev–Trinajstić information content (AvgIpc) is 3.82. The monoisotopic (exact) mass is 935 g/mol. The van der Waals surface area contributed by atoms with Crippen molar-refractivity contribution >= 4 is 40.8 Å². The van der Waals surface area contributed by atoms with E-state index >= 15 is 13.6 Å². The molecule has 1 unspecified atom stereocenters. The van der Waals surface area contributed by atoms with Gasteiger partial charge in [-0.3, -0.25) is 13.9 Å². The SMILES string of the molecule is CCP(=O)(CC)c1cc(F)c(-n2ccn(-c3c4c(nn3-c3cc(C)c(F)c(C)c3)CCN(C(=O)c3cc5cc(C6CCOCC6)ccc5n3[C@@]3(C5=NC(O)ON5)C[C@@H]3C)[C@H]4C)c2=O)cc1NC. The third kappa shape index (κ3) is 7.10. The number of aliphatic hydroxyl groups excluding tert-OH is 1. The quantitative estimate of drug-likeness (QED) is 0.113. The molecule has 3 aromatic heterocycles. The molecule has 6 heterocycles. The summed E-state index contributed by atoms with van der Waals surface area (Å²) >= 11 is 0. The molecule has 3 aliphatic heterocycles. The summed E-state index contributed by atoms with van der Waals surface area (Å²) in [6.45, 7) is 12.6. The van der Waals surface area contributed by atoms with Crippen molar-refractivity contribution in [1.82, 2.24) is 33.9 Å². The normalized spacial score (nSPS) is 22.0. The van der Waals surface area contributed by atoms with Crippen LogP contribution in [0.3, 0.4) is 0 Å². The number of rotatable bonds is 11. The number of amidine groups is 1. The highest BCUT2D eigenvalue weighted by Crippen LogP contribution is 2.54. The predicted molar refractivity (Wildman–Crippen MR) is 253 cm³/mol. The Morgan fingerprint density at radius 1 is 1.01 bits per heavy atom. The molecular weight excluding hydrogens is 880 g/mol. The zero-order chi connectivity index (χ0) is 47.3. The second-order valence-electron chi connectivity index (χ2n) is 18.5. The van der Waals surface area contributed by atoms with Gasteiger partial charge in [0.15, 0.2) is 5.84 Å². The van der Waals surface area contributed by atoms with Gasteiger partial charge >= 0.3 is 5.69 Å². The van der Waals surface area contributed by atoms with Gasteiger partial charge in [0, 0.05) is 85.4 Å². The number of nitrogens with zero attached hydrogens (tertiary/aromatic N) is 7. The molecule has 2 fully saturated rings. The van der Waals surface area contributed by atoms with E-state index in [1.165, 1.54) is 33.0 Å². The highest BCUT2D eigenvalue weighted by molar-refractivity contribution is 7.71. The number of aryl methyl sites for hydroxylation is 2. The van der Waals surface area contributed by atoms with Gasteiger partial charge in [-0.1, -0.05) is 26.8 Å². The van der Waals surface area contributed by atoms with E-state index in [-0.39, 0.29) is 23.3 Å². The molecule has 0 radical (unpaired) electrons. The molecule has 3 aromatic carbocycles. The van der Waals surface area contributed by atoms with Crippen LogP contribution >= 0.6 is 7.14 Å². The number of ether oxygens (including phenoxy) is 1. The summed E-state index contributed by atoms with van der Waals surface area (Å²) in [5, 5.41) is 19.8. The van der Waals surface area contributed by atoms with E-state index in [2.05, 4.69) is 45.5 Å². The van der Waals surface area contributed by atoms with Crippen LogP contribution in [0.5, 0.6) is 0 Å². The van der Waals surface area contributed by atoms with Crippen LogP contribution in [0.25, 0.3) is 28.1 Å². The second kappa shape index (κ2) is 16.7. The van der Waals surface area contributed by atoms with E-state index in [0.717, 1.165) is 23.7 Å². The van der Waals surface area contributed by atoms with Gasteiger partial charge in [-0.15, -0.1) is 0 Å².